The maximum absolute atomic E-state index is 11.4. The van der Waals surface area contributed by atoms with Gasteiger partial charge in [0, 0.05) is 17.5 Å². The van der Waals surface area contributed by atoms with Gasteiger partial charge in [0.05, 0.1) is 0 Å². The van der Waals surface area contributed by atoms with E-state index in [1.54, 1.807) is 6.92 Å². The van der Waals surface area contributed by atoms with Crippen LogP contribution in [0.15, 0.2) is 30.3 Å². The quantitative estimate of drug-likeness (QED) is 0.832. The molecule has 0 fully saturated rings. The van der Waals surface area contributed by atoms with Gasteiger partial charge in [-0.15, -0.1) is 0 Å². The van der Waals surface area contributed by atoms with Crippen molar-refractivity contribution in [2.75, 3.05) is 5.32 Å². The molecule has 2 aromatic carbocycles. The van der Waals surface area contributed by atoms with E-state index in [9.17, 15) is 4.79 Å². The topological polar surface area (TPSA) is 41.1 Å². The molecule has 0 aliphatic heterocycles. The highest BCUT2D eigenvalue weighted by atomic mass is 32.1. The van der Waals surface area contributed by atoms with Crippen LogP contribution in [0.2, 0.25) is 0 Å². The Balaban J connectivity index is 1.94. The van der Waals surface area contributed by atoms with Crippen molar-refractivity contribution in [1.82, 2.24) is 5.32 Å². The minimum Gasteiger partial charge on any atom is -0.332 e. The number of aryl methyl sites for hydroxylation is 2. The third kappa shape index (κ3) is 2.27. The van der Waals surface area contributed by atoms with Crippen LogP contribution < -0.4 is 10.6 Å². The molecule has 0 saturated heterocycles. The monoisotopic (exact) mass is 284 g/mol. The Bertz CT molecular complexity index is 699. The highest BCUT2D eigenvalue weighted by Crippen LogP contribution is 2.34. The van der Waals surface area contributed by atoms with Gasteiger partial charge in [-0.05, 0) is 47.6 Å². The molecule has 3 nitrogen and oxygen atoms in total. The van der Waals surface area contributed by atoms with Crippen LogP contribution in [0.1, 0.15) is 24.5 Å². The zero-order valence-corrected chi connectivity index (χ0v) is 12.1. The first-order chi connectivity index (χ1) is 9.69. The van der Waals surface area contributed by atoms with Crippen LogP contribution in [-0.2, 0) is 17.6 Å². The SMILES string of the molecule is CCC(=O)NC(=S)Nc1ccc2c3c(cccc13)CC2. The smallest absolute Gasteiger partial charge is 0.225 e. The van der Waals surface area contributed by atoms with Gasteiger partial charge in [0.2, 0.25) is 5.91 Å². The molecule has 0 saturated carbocycles. The fraction of sp³-hybridized carbons (Fsp3) is 0.250. The summed E-state index contributed by atoms with van der Waals surface area (Å²) < 4.78 is 0. The van der Waals surface area contributed by atoms with E-state index < -0.39 is 0 Å². The summed E-state index contributed by atoms with van der Waals surface area (Å²) in [5.41, 5.74) is 3.74. The number of carbonyl (C=O) groups excluding carboxylic acids is 1. The number of nitrogens with one attached hydrogen (secondary N) is 2. The van der Waals surface area contributed by atoms with Crippen LogP contribution in [0, 0.1) is 0 Å². The van der Waals surface area contributed by atoms with E-state index in [1.807, 2.05) is 6.07 Å². The van der Waals surface area contributed by atoms with Gasteiger partial charge in [-0.25, -0.2) is 0 Å². The van der Waals surface area contributed by atoms with Crippen molar-refractivity contribution in [3.05, 3.63) is 41.5 Å². The Hall–Kier alpha value is -1.94. The maximum atomic E-state index is 11.4. The number of thiocarbonyl (C=S) groups is 1. The molecule has 0 bridgehead atoms. The van der Waals surface area contributed by atoms with Crippen molar-refractivity contribution in [1.29, 1.82) is 0 Å². The van der Waals surface area contributed by atoms with Crippen molar-refractivity contribution >= 4 is 39.7 Å². The number of hydrogen-bond donors (Lipinski definition) is 2. The van der Waals surface area contributed by atoms with E-state index in [-0.39, 0.29) is 5.91 Å². The van der Waals surface area contributed by atoms with Crippen LogP contribution >= 0.6 is 12.2 Å². The average Bonchev–Trinajstić information content (AvgIpc) is 2.87. The largest absolute Gasteiger partial charge is 0.332 e. The molecule has 0 radical (unpaired) electrons. The third-order valence-corrected chi connectivity index (χ3v) is 3.90. The molecule has 2 aromatic rings. The summed E-state index contributed by atoms with van der Waals surface area (Å²) in [7, 11) is 0. The minimum atomic E-state index is -0.0755. The second kappa shape index (κ2) is 5.21. The number of carbonyl (C=O) groups is 1. The van der Waals surface area contributed by atoms with E-state index in [0.717, 1.165) is 18.5 Å². The average molecular weight is 284 g/mol. The van der Waals surface area contributed by atoms with Crippen LogP contribution in [-0.4, -0.2) is 11.0 Å². The van der Waals surface area contributed by atoms with Gasteiger partial charge in [-0.1, -0.05) is 31.2 Å². The third-order valence-electron chi connectivity index (χ3n) is 3.70. The van der Waals surface area contributed by atoms with Crippen LogP contribution in [0.5, 0.6) is 0 Å². The Morgan fingerprint density at radius 2 is 1.95 bits per heavy atom. The summed E-state index contributed by atoms with van der Waals surface area (Å²) >= 11 is 5.18. The summed E-state index contributed by atoms with van der Waals surface area (Å²) in [6.45, 7) is 1.80. The Morgan fingerprint density at radius 3 is 2.70 bits per heavy atom. The van der Waals surface area contributed by atoms with Gasteiger partial charge in [-0.3, -0.25) is 4.79 Å². The van der Waals surface area contributed by atoms with Crippen molar-refractivity contribution in [3.8, 4) is 0 Å². The molecule has 20 heavy (non-hydrogen) atoms. The predicted molar refractivity (Wildman–Crippen MR) is 86.0 cm³/mol. The first-order valence-corrected chi connectivity index (χ1v) is 7.24. The molecular formula is C16H16N2OS. The van der Waals surface area contributed by atoms with E-state index in [2.05, 4.69) is 34.9 Å². The zero-order chi connectivity index (χ0) is 14.1. The number of rotatable bonds is 2. The fourth-order valence-electron chi connectivity index (χ4n) is 2.72. The van der Waals surface area contributed by atoms with Crippen molar-refractivity contribution < 1.29 is 4.79 Å². The summed E-state index contributed by atoms with van der Waals surface area (Å²) in [5, 5.41) is 8.67. The first kappa shape index (κ1) is 13.1. The Labute approximate surface area is 123 Å². The van der Waals surface area contributed by atoms with Crippen LogP contribution in [0.4, 0.5) is 5.69 Å². The van der Waals surface area contributed by atoms with Gasteiger partial charge in [0.25, 0.3) is 0 Å². The lowest BCUT2D eigenvalue weighted by molar-refractivity contribution is -0.119. The molecule has 1 aliphatic carbocycles. The zero-order valence-electron chi connectivity index (χ0n) is 11.3. The van der Waals surface area contributed by atoms with Gasteiger partial charge in [-0.2, -0.15) is 0 Å². The molecule has 4 heteroatoms. The highest BCUT2D eigenvalue weighted by Gasteiger charge is 2.16. The van der Waals surface area contributed by atoms with Gasteiger partial charge in [0.1, 0.15) is 0 Å². The molecule has 3 rings (SSSR count). The van der Waals surface area contributed by atoms with Gasteiger partial charge < -0.3 is 10.6 Å². The van der Waals surface area contributed by atoms with E-state index in [4.69, 9.17) is 12.2 Å². The summed E-state index contributed by atoms with van der Waals surface area (Å²) in [5.74, 6) is -0.0755. The van der Waals surface area contributed by atoms with E-state index >= 15 is 0 Å². The molecule has 0 atom stereocenters. The summed E-state index contributed by atoms with van der Waals surface area (Å²) in [6.07, 6.45) is 2.63. The molecule has 102 valence electrons. The van der Waals surface area contributed by atoms with Crippen molar-refractivity contribution in [2.45, 2.75) is 26.2 Å². The summed E-state index contributed by atoms with van der Waals surface area (Å²) in [6, 6.07) is 10.5. The standard InChI is InChI=1S/C16H16N2OS/c1-2-14(19)18-16(20)17-13-9-8-11-7-6-10-4-3-5-12(13)15(10)11/h3-5,8-9H,2,6-7H2,1H3,(H2,17,18,19,20). The maximum Gasteiger partial charge on any atom is 0.225 e. The normalized spacial score (nSPS) is 12.4. The second-order valence-electron chi connectivity index (χ2n) is 4.97. The summed E-state index contributed by atoms with van der Waals surface area (Å²) in [4.78, 5) is 11.4. The molecule has 0 heterocycles. The van der Waals surface area contributed by atoms with Crippen molar-refractivity contribution in [2.24, 2.45) is 0 Å². The van der Waals surface area contributed by atoms with Gasteiger partial charge in [0.15, 0.2) is 5.11 Å². The highest BCUT2D eigenvalue weighted by molar-refractivity contribution is 7.80. The lowest BCUT2D eigenvalue weighted by atomic mass is 10.0. The van der Waals surface area contributed by atoms with Crippen molar-refractivity contribution in [3.63, 3.8) is 0 Å². The lowest BCUT2D eigenvalue weighted by Gasteiger charge is -2.12. The minimum absolute atomic E-state index is 0.0755. The fourth-order valence-corrected chi connectivity index (χ4v) is 2.95. The lowest BCUT2D eigenvalue weighted by Crippen LogP contribution is -2.33. The van der Waals surface area contributed by atoms with Crippen LogP contribution in [0.25, 0.3) is 10.8 Å². The van der Waals surface area contributed by atoms with Crippen LogP contribution in [0.3, 0.4) is 0 Å². The molecule has 0 spiro atoms. The first-order valence-electron chi connectivity index (χ1n) is 6.83. The number of anilines is 1. The Morgan fingerprint density at radius 1 is 1.20 bits per heavy atom. The number of amides is 1. The molecule has 2 N–H and O–H groups in total. The molecule has 1 aliphatic rings. The predicted octanol–water partition coefficient (Wildman–Crippen LogP) is 3.16. The second-order valence-corrected chi connectivity index (χ2v) is 5.38. The molecule has 0 aromatic heterocycles. The number of hydrogen-bond acceptors (Lipinski definition) is 2. The number of benzene rings is 2. The van der Waals surface area contributed by atoms with Gasteiger partial charge >= 0.3 is 0 Å². The van der Waals surface area contributed by atoms with E-state index in [0.29, 0.717) is 11.5 Å². The molecular weight excluding hydrogens is 268 g/mol. The molecule has 1 amide bonds. The van der Waals surface area contributed by atoms with E-state index in [1.165, 1.54) is 21.9 Å². The Kier molecular flexibility index (Phi) is 3.40. The molecule has 0 unspecified atom stereocenters.